The van der Waals surface area contributed by atoms with Crippen LogP contribution in [0.3, 0.4) is 0 Å². The number of nitrogens with zero attached hydrogens (tertiary/aromatic N) is 15. The second kappa shape index (κ2) is 78.4. The van der Waals surface area contributed by atoms with Crippen LogP contribution in [0.1, 0.15) is 276 Å². The maximum Gasteiger partial charge on any atom is 0.360 e. The molecule has 114 heavy (non-hydrogen) atoms. The highest BCUT2D eigenvalue weighted by atomic mass is 16.5. The van der Waals surface area contributed by atoms with Gasteiger partial charge in [-0.1, -0.05) is 348 Å². The molecule has 5 heterocycles. The average Bonchev–Trinajstić information content (AvgIpc) is 1.83. The average molecular weight is 1580 g/mol. The number of hydrogen-bond donors (Lipinski definition) is 4. The van der Waals surface area contributed by atoms with Crippen molar-refractivity contribution in [3.8, 4) is 0 Å². The second-order valence-electron chi connectivity index (χ2n) is 27.2. The fourth-order valence-corrected chi connectivity index (χ4v) is 6.49. The first-order valence-electron chi connectivity index (χ1n) is 41.1. The van der Waals surface area contributed by atoms with Gasteiger partial charge in [0.1, 0.15) is 0 Å². The van der Waals surface area contributed by atoms with Crippen LogP contribution in [-0.2, 0) is 82.7 Å². The van der Waals surface area contributed by atoms with Gasteiger partial charge in [-0.2, -0.15) is 0 Å². The molecule has 0 saturated heterocycles. The number of carbonyl (C=O) groups is 3. The van der Waals surface area contributed by atoms with Crippen molar-refractivity contribution in [1.82, 2.24) is 75.0 Å². The van der Waals surface area contributed by atoms with Crippen LogP contribution in [0.25, 0.3) is 0 Å². The summed E-state index contributed by atoms with van der Waals surface area (Å²) >= 11 is 0. The van der Waals surface area contributed by atoms with Gasteiger partial charge >= 0.3 is 17.9 Å². The topological polar surface area (TPSA) is 306 Å². The van der Waals surface area contributed by atoms with Crippen molar-refractivity contribution in [2.75, 3.05) is 7.11 Å². The normalized spacial score (nSPS) is 9.52. The van der Waals surface area contributed by atoms with Crippen LogP contribution >= 0.6 is 0 Å². The van der Waals surface area contributed by atoms with Gasteiger partial charge in [0.25, 0.3) is 0 Å². The molecule has 10 aromatic rings. The van der Waals surface area contributed by atoms with E-state index >= 15 is 0 Å². The number of carbonyl (C=O) groups excluding carboxylic acids is 1. The molecular formula is C91H153N17O6. The van der Waals surface area contributed by atoms with Gasteiger partial charge in [0.2, 0.25) is 0 Å². The predicted octanol–water partition coefficient (Wildman–Crippen LogP) is 21.1. The molecule has 0 unspecified atom stereocenters. The van der Waals surface area contributed by atoms with Gasteiger partial charge < -0.3 is 26.4 Å². The summed E-state index contributed by atoms with van der Waals surface area (Å²) in [4.78, 5) is 31.2. The highest BCUT2D eigenvalue weighted by molar-refractivity contribution is 5.86. The summed E-state index contributed by atoms with van der Waals surface area (Å²) in [5, 5.41) is 53.1. The Morgan fingerprint density at radius 1 is 0.307 bits per heavy atom. The largest absolute Gasteiger partial charge is 0.476 e. The molecular weight excluding hydrogens is 1430 g/mol. The predicted molar refractivity (Wildman–Crippen MR) is 474 cm³/mol. The molecule has 638 valence electrons. The third kappa shape index (κ3) is 68.9. The first-order valence-corrected chi connectivity index (χ1v) is 41.1. The van der Waals surface area contributed by atoms with E-state index in [1.807, 2.05) is 77.3 Å². The Balaban J connectivity index is -0.000000375. The molecule has 23 nitrogen and oxygen atoms in total. The Hall–Kier alpha value is -9.87. The summed E-state index contributed by atoms with van der Waals surface area (Å²) in [5.74, 6) is 1.88. The smallest absolute Gasteiger partial charge is 0.360 e. The van der Waals surface area contributed by atoms with E-state index in [-0.39, 0.29) is 17.1 Å². The Morgan fingerprint density at radius 2 is 0.482 bits per heavy atom. The van der Waals surface area contributed by atoms with Gasteiger partial charge in [0, 0.05) is 58.2 Å². The number of aryl methyl sites for hydroxylation is 10. The highest BCUT2D eigenvalue weighted by Crippen LogP contribution is 2.03. The number of carboxylic acid groups (broad SMARTS) is 2. The van der Waals surface area contributed by atoms with E-state index in [9.17, 15) is 14.4 Å². The summed E-state index contributed by atoms with van der Waals surface area (Å²) in [6.45, 7) is 58.3. The number of aromatic carboxylic acids is 2. The molecule has 0 aliphatic heterocycles. The minimum absolute atomic E-state index is 0.0122. The van der Waals surface area contributed by atoms with E-state index in [1.165, 1.54) is 88.8 Å². The first kappa shape index (κ1) is 113. The first-order chi connectivity index (χ1) is 54.5. The van der Waals surface area contributed by atoms with Crippen LogP contribution in [0, 0.1) is 29.6 Å². The molecule has 0 amide bonds. The minimum atomic E-state index is -1.04. The Bertz CT molecular complexity index is 3260. The molecule has 23 heteroatoms. The van der Waals surface area contributed by atoms with Crippen LogP contribution in [0.2, 0.25) is 0 Å². The second-order valence-corrected chi connectivity index (χ2v) is 27.2. The lowest BCUT2D eigenvalue weighted by molar-refractivity contribution is 0.0592. The quantitative estimate of drug-likeness (QED) is 0.0515. The zero-order valence-electron chi connectivity index (χ0n) is 75.1. The number of rotatable bonds is 20. The molecule has 5 aromatic heterocycles. The molecule has 0 spiro atoms. The molecule has 0 saturated carbocycles. The number of carboxylic acids is 2. The maximum atomic E-state index is 10.8. The molecule has 0 atom stereocenters. The lowest BCUT2D eigenvalue weighted by Crippen LogP contribution is -2.01. The van der Waals surface area contributed by atoms with Gasteiger partial charge in [0.05, 0.1) is 37.1 Å². The van der Waals surface area contributed by atoms with Crippen molar-refractivity contribution in [3.63, 3.8) is 0 Å². The lowest BCUT2D eigenvalue weighted by Gasteiger charge is -1.90. The van der Waals surface area contributed by atoms with Crippen molar-refractivity contribution in [1.29, 1.82) is 0 Å². The maximum absolute atomic E-state index is 10.8. The monoisotopic (exact) mass is 1580 g/mol. The van der Waals surface area contributed by atoms with Crippen LogP contribution in [-0.4, -0.2) is 110 Å². The van der Waals surface area contributed by atoms with Crippen LogP contribution < -0.4 is 11.5 Å². The highest BCUT2D eigenvalue weighted by Gasteiger charge is 2.10. The summed E-state index contributed by atoms with van der Waals surface area (Å²) < 4.78 is 12.4. The van der Waals surface area contributed by atoms with Crippen LogP contribution in [0.5, 0.6) is 0 Å². The summed E-state index contributed by atoms with van der Waals surface area (Å²) in [6, 6.07) is 52.3. The third-order valence-electron chi connectivity index (χ3n) is 16.0. The van der Waals surface area contributed by atoms with Crippen molar-refractivity contribution < 1.29 is 29.3 Å². The summed E-state index contributed by atoms with van der Waals surface area (Å²) in [7, 11) is 1.31. The number of ether oxygens (including phenoxy) is 1. The SMILES string of the molecule is CCC(C)C.CCC(C)C.CCC(C)C.CCC(C)C.CCC(C)C.CCc1ccccc1.CCc1ccccc1.CCc1ccccc1.CCc1ccccc1.CCc1ccccc1.CCn1cc(C(=O)O)nn1.CCn1cc(C(=O)O)nn1.CCn1cc(C(=O)OC)nn1.CCn1cc(CN)nn1.CCn1cc(CN)nn1. The summed E-state index contributed by atoms with van der Waals surface area (Å²) in [5.41, 5.74) is 19.6. The van der Waals surface area contributed by atoms with Gasteiger partial charge in [-0.3, -0.25) is 23.4 Å². The lowest BCUT2D eigenvalue weighted by atomic mass is 10.2. The van der Waals surface area contributed by atoms with E-state index in [0.29, 0.717) is 32.7 Å². The fourth-order valence-electron chi connectivity index (χ4n) is 6.49. The van der Waals surface area contributed by atoms with Crippen molar-refractivity contribution in [2.45, 2.75) is 283 Å². The number of hydrogen-bond acceptors (Lipinski definition) is 16. The van der Waals surface area contributed by atoms with Gasteiger partial charge in [-0.15, -0.1) is 25.5 Å². The Morgan fingerprint density at radius 3 is 0.596 bits per heavy atom. The molecule has 0 radical (unpaired) electrons. The van der Waals surface area contributed by atoms with E-state index in [0.717, 1.165) is 86.2 Å². The third-order valence-corrected chi connectivity index (χ3v) is 16.0. The zero-order chi connectivity index (χ0) is 87.3. The van der Waals surface area contributed by atoms with Crippen LogP contribution in [0.15, 0.2) is 183 Å². The minimum Gasteiger partial charge on any atom is -0.476 e. The molecule has 0 aliphatic rings. The van der Waals surface area contributed by atoms with Gasteiger partial charge in [0.15, 0.2) is 17.1 Å². The molecule has 0 bridgehead atoms. The van der Waals surface area contributed by atoms with E-state index in [4.69, 9.17) is 21.7 Å². The summed E-state index contributed by atoms with van der Waals surface area (Å²) in [6.07, 6.45) is 20.3. The molecule has 0 aliphatic carbocycles. The van der Waals surface area contributed by atoms with Crippen molar-refractivity contribution in [3.05, 3.63) is 239 Å². The van der Waals surface area contributed by atoms with Crippen LogP contribution in [0.4, 0.5) is 0 Å². The molecule has 10 rings (SSSR count). The van der Waals surface area contributed by atoms with Crippen molar-refractivity contribution in [2.24, 2.45) is 41.1 Å². The van der Waals surface area contributed by atoms with E-state index in [1.54, 1.807) is 20.2 Å². The van der Waals surface area contributed by atoms with Crippen molar-refractivity contribution >= 4 is 17.9 Å². The van der Waals surface area contributed by atoms with E-state index < -0.39 is 17.9 Å². The van der Waals surface area contributed by atoms with Gasteiger partial charge in [-0.05, 0) is 124 Å². The fraction of sp³-hybridized carbons (Fsp3) is 0.527. The van der Waals surface area contributed by atoms with E-state index in [2.05, 4.69) is 316 Å². The Labute approximate surface area is 688 Å². The van der Waals surface area contributed by atoms with Gasteiger partial charge in [-0.25, -0.2) is 14.4 Å². The zero-order valence-corrected chi connectivity index (χ0v) is 75.1. The standard InChI is InChI=1S/5C8H10.C6H9N3O2.2C5H10N4.2C5H7N3O2.5C5H12/c5*1-2-8-6-4-3-5-7-8;1-3-9-4-5(7-8-9)6(10)11-2;2*1-2-9-4-5(3-6)7-8-9;2*1-2-8-3-4(5(9)10)6-7-8;5*1-4-5(2)3/h5*3-7H,2H2,1H3;4H,3H2,1-2H3;2*4H,2-3,6H2,1H3;2*3H,2H2,1H3,(H,9,10);5*5H,4H2,1-3H3. The molecule has 0 fully saturated rings. The number of methoxy groups -OCH3 is 1. The number of nitrogens with two attached hydrogens (primary N) is 2. The number of aromatic nitrogens is 15. The Kier molecular flexibility index (Phi) is 77.5. The molecule has 6 N–H and O–H groups in total. The number of esters is 1. The number of benzene rings is 5. The molecule has 5 aromatic carbocycles.